The van der Waals surface area contributed by atoms with E-state index in [1.807, 2.05) is 11.8 Å². The van der Waals surface area contributed by atoms with Gasteiger partial charge in [-0.3, -0.25) is 0 Å². The van der Waals surface area contributed by atoms with E-state index in [2.05, 4.69) is 10.1 Å². The van der Waals surface area contributed by atoms with Gasteiger partial charge in [0, 0.05) is 37.2 Å². The largest absolute Gasteiger partial charge is 0.381 e. The van der Waals surface area contributed by atoms with Gasteiger partial charge in [-0.25, -0.2) is 0 Å². The summed E-state index contributed by atoms with van der Waals surface area (Å²) in [4.78, 5) is 4.48. The summed E-state index contributed by atoms with van der Waals surface area (Å²) in [6, 6.07) is 0.156. The van der Waals surface area contributed by atoms with Crippen LogP contribution in [0.4, 0.5) is 0 Å². The number of hydrogen-bond donors (Lipinski definition) is 1. The molecule has 3 atom stereocenters. The number of ether oxygens (including phenoxy) is 1. The van der Waals surface area contributed by atoms with E-state index >= 15 is 0 Å². The molecule has 0 spiro atoms. The summed E-state index contributed by atoms with van der Waals surface area (Å²) in [5.74, 6) is 4.29. The Balaban J connectivity index is 1.65. The van der Waals surface area contributed by atoms with Gasteiger partial charge in [0.2, 0.25) is 5.89 Å². The predicted molar refractivity (Wildman–Crippen MR) is 65.0 cm³/mol. The van der Waals surface area contributed by atoms with Gasteiger partial charge in [0.25, 0.3) is 0 Å². The Hall–Kier alpha value is -0.590. The lowest BCUT2D eigenvalue weighted by atomic mass is 10.0. The summed E-state index contributed by atoms with van der Waals surface area (Å²) >= 11 is 1.85. The highest BCUT2D eigenvalue weighted by Crippen LogP contribution is 2.30. The first-order chi connectivity index (χ1) is 8.33. The van der Waals surface area contributed by atoms with Gasteiger partial charge in [0.1, 0.15) is 0 Å². The quantitative estimate of drug-likeness (QED) is 0.861. The molecule has 0 amide bonds. The highest BCUT2D eigenvalue weighted by Gasteiger charge is 2.31. The summed E-state index contributed by atoms with van der Waals surface area (Å²) in [6.45, 7) is 1.68. The minimum atomic E-state index is 0.156. The lowest BCUT2D eigenvalue weighted by Gasteiger charge is -2.07. The monoisotopic (exact) mass is 255 g/mol. The first-order valence-electron chi connectivity index (χ1n) is 6.06. The predicted octanol–water partition coefficient (Wildman–Crippen LogP) is 0.806. The lowest BCUT2D eigenvalue weighted by Crippen LogP contribution is -2.26. The Morgan fingerprint density at radius 2 is 2.35 bits per heavy atom. The van der Waals surface area contributed by atoms with Crippen molar-refractivity contribution in [1.82, 2.24) is 10.1 Å². The van der Waals surface area contributed by atoms with E-state index in [1.54, 1.807) is 0 Å². The van der Waals surface area contributed by atoms with Gasteiger partial charge < -0.3 is 15.0 Å². The zero-order valence-electron chi connectivity index (χ0n) is 9.67. The Bertz CT molecular complexity index is 379. The summed E-state index contributed by atoms with van der Waals surface area (Å²) < 4.78 is 10.7. The van der Waals surface area contributed by atoms with E-state index in [9.17, 15) is 0 Å². The van der Waals surface area contributed by atoms with Crippen molar-refractivity contribution in [3.05, 3.63) is 11.7 Å². The van der Waals surface area contributed by atoms with E-state index < -0.39 is 0 Å². The average molecular weight is 255 g/mol. The second-order valence-corrected chi connectivity index (χ2v) is 5.87. The number of thioether (sulfide) groups is 1. The highest BCUT2D eigenvalue weighted by molar-refractivity contribution is 7.99. The number of aromatic nitrogens is 2. The second-order valence-electron chi connectivity index (χ2n) is 4.79. The Morgan fingerprint density at radius 3 is 3.06 bits per heavy atom. The van der Waals surface area contributed by atoms with Crippen LogP contribution in [0, 0.1) is 5.92 Å². The molecular formula is C11H17N3O2S. The smallest absolute Gasteiger partial charge is 0.232 e. The SMILES string of the molecule is NC1CSCC1c1nc(CC2CCOC2)no1. The lowest BCUT2D eigenvalue weighted by molar-refractivity contribution is 0.185. The maximum Gasteiger partial charge on any atom is 0.232 e. The van der Waals surface area contributed by atoms with Crippen LogP contribution in [-0.2, 0) is 11.2 Å². The number of nitrogens with two attached hydrogens (primary N) is 1. The average Bonchev–Trinajstić information content (AvgIpc) is 3.00. The Labute approximate surface area is 104 Å². The van der Waals surface area contributed by atoms with Crippen LogP contribution in [0.3, 0.4) is 0 Å². The van der Waals surface area contributed by atoms with Gasteiger partial charge in [0.05, 0.1) is 5.92 Å². The van der Waals surface area contributed by atoms with Crippen molar-refractivity contribution in [2.24, 2.45) is 11.7 Å². The molecule has 5 nitrogen and oxygen atoms in total. The molecule has 0 bridgehead atoms. The van der Waals surface area contributed by atoms with Crippen LogP contribution in [0.25, 0.3) is 0 Å². The molecule has 0 aliphatic carbocycles. The minimum absolute atomic E-state index is 0.156. The van der Waals surface area contributed by atoms with Crippen LogP contribution in [0.2, 0.25) is 0 Å². The van der Waals surface area contributed by atoms with Crippen LogP contribution < -0.4 is 5.73 Å². The molecule has 0 radical (unpaired) electrons. The summed E-state index contributed by atoms with van der Waals surface area (Å²) in [6.07, 6.45) is 1.96. The van der Waals surface area contributed by atoms with Crippen LogP contribution in [0.5, 0.6) is 0 Å². The first-order valence-corrected chi connectivity index (χ1v) is 7.22. The number of rotatable bonds is 3. The fourth-order valence-electron chi connectivity index (χ4n) is 2.33. The minimum Gasteiger partial charge on any atom is -0.381 e. The molecule has 94 valence electrons. The maximum atomic E-state index is 6.02. The number of nitrogens with zero attached hydrogens (tertiary/aromatic N) is 2. The summed E-state index contributed by atoms with van der Waals surface area (Å²) in [5.41, 5.74) is 6.02. The zero-order valence-corrected chi connectivity index (χ0v) is 10.5. The molecule has 1 aromatic rings. The van der Waals surface area contributed by atoms with Crippen LogP contribution >= 0.6 is 11.8 Å². The van der Waals surface area contributed by atoms with E-state index in [0.29, 0.717) is 5.92 Å². The van der Waals surface area contributed by atoms with Crippen molar-refractivity contribution in [2.75, 3.05) is 24.7 Å². The second kappa shape index (κ2) is 4.96. The normalized spacial score (nSPS) is 33.4. The zero-order chi connectivity index (χ0) is 11.7. The van der Waals surface area contributed by atoms with Gasteiger partial charge in [-0.15, -0.1) is 0 Å². The van der Waals surface area contributed by atoms with Gasteiger partial charge in [-0.1, -0.05) is 5.16 Å². The fraction of sp³-hybridized carbons (Fsp3) is 0.818. The van der Waals surface area contributed by atoms with Crippen molar-refractivity contribution in [1.29, 1.82) is 0 Å². The van der Waals surface area contributed by atoms with Crippen molar-refractivity contribution in [2.45, 2.75) is 24.8 Å². The van der Waals surface area contributed by atoms with Crippen molar-refractivity contribution in [3.8, 4) is 0 Å². The van der Waals surface area contributed by atoms with E-state index in [4.69, 9.17) is 15.0 Å². The molecule has 0 aromatic carbocycles. The van der Waals surface area contributed by atoms with E-state index in [1.165, 1.54) is 0 Å². The van der Waals surface area contributed by atoms with Gasteiger partial charge in [-0.2, -0.15) is 16.7 Å². The standard InChI is InChI=1S/C11H17N3O2S/c12-9-6-17-5-8(9)11-13-10(14-16-11)3-7-1-2-15-4-7/h7-9H,1-6,12H2. The molecule has 3 unspecified atom stereocenters. The molecule has 2 fully saturated rings. The molecule has 0 saturated carbocycles. The summed E-state index contributed by atoms with van der Waals surface area (Å²) in [5, 5.41) is 4.05. The van der Waals surface area contributed by atoms with Gasteiger partial charge in [-0.05, 0) is 12.3 Å². The topological polar surface area (TPSA) is 74.2 Å². The van der Waals surface area contributed by atoms with Gasteiger partial charge >= 0.3 is 0 Å². The fourth-order valence-corrected chi connectivity index (χ4v) is 3.61. The van der Waals surface area contributed by atoms with Crippen LogP contribution in [-0.4, -0.2) is 40.9 Å². The Morgan fingerprint density at radius 1 is 1.41 bits per heavy atom. The summed E-state index contributed by atoms with van der Waals surface area (Å²) in [7, 11) is 0. The first kappa shape index (κ1) is 11.5. The van der Waals surface area contributed by atoms with Gasteiger partial charge in [0.15, 0.2) is 5.82 Å². The molecule has 1 aromatic heterocycles. The molecule has 2 N–H and O–H groups in total. The third-order valence-corrected chi connectivity index (χ3v) is 4.64. The number of hydrogen-bond acceptors (Lipinski definition) is 6. The third-order valence-electron chi connectivity index (χ3n) is 3.42. The van der Waals surface area contributed by atoms with E-state index in [0.717, 1.165) is 49.3 Å². The Kier molecular flexibility index (Phi) is 3.35. The third kappa shape index (κ3) is 2.48. The van der Waals surface area contributed by atoms with Crippen molar-refractivity contribution >= 4 is 11.8 Å². The molecule has 17 heavy (non-hydrogen) atoms. The van der Waals surface area contributed by atoms with Crippen LogP contribution in [0.1, 0.15) is 24.1 Å². The molecule has 6 heteroatoms. The molecular weight excluding hydrogens is 238 g/mol. The molecule has 2 aliphatic heterocycles. The van der Waals surface area contributed by atoms with Crippen molar-refractivity contribution in [3.63, 3.8) is 0 Å². The van der Waals surface area contributed by atoms with E-state index in [-0.39, 0.29) is 12.0 Å². The maximum absolute atomic E-state index is 6.02. The molecule has 2 aliphatic rings. The molecule has 2 saturated heterocycles. The highest BCUT2D eigenvalue weighted by atomic mass is 32.2. The molecule has 3 rings (SSSR count). The molecule has 3 heterocycles. The van der Waals surface area contributed by atoms with Crippen molar-refractivity contribution < 1.29 is 9.26 Å². The van der Waals surface area contributed by atoms with Crippen LogP contribution in [0.15, 0.2) is 4.52 Å².